The third kappa shape index (κ3) is 8.22. The summed E-state index contributed by atoms with van der Waals surface area (Å²) in [7, 11) is 3.52. The minimum absolute atomic E-state index is 0.0313. The molecule has 1 aliphatic rings. The van der Waals surface area contributed by atoms with Crippen molar-refractivity contribution in [2.45, 2.75) is 42.3 Å². The number of ether oxygens (including phenoxy) is 1. The lowest BCUT2D eigenvalue weighted by Crippen LogP contribution is -2.37. The first-order chi connectivity index (χ1) is 19.5. The number of benzene rings is 1. The van der Waals surface area contributed by atoms with Crippen molar-refractivity contribution in [2.24, 2.45) is 0 Å². The van der Waals surface area contributed by atoms with Crippen LogP contribution in [0.4, 0.5) is 24.7 Å². The van der Waals surface area contributed by atoms with Crippen molar-refractivity contribution in [3.63, 3.8) is 0 Å². The number of methoxy groups -OCH3 is 1. The van der Waals surface area contributed by atoms with Crippen LogP contribution in [0.1, 0.15) is 35.8 Å². The van der Waals surface area contributed by atoms with Crippen LogP contribution < -0.4 is 20.7 Å². The maximum atomic E-state index is 13.5. The molecule has 220 valence electrons. The van der Waals surface area contributed by atoms with E-state index < -0.39 is 11.6 Å². The molecule has 1 amide bonds. The Balaban J connectivity index is 1.53. The lowest BCUT2D eigenvalue weighted by atomic mass is 10.1. The van der Waals surface area contributed by atoms with E-state index in [0.29, 0.717) is 28.3 Å². The summed E-state index contributed by atoms with van der Waals surface area (Å²) in [6.45, 7) is 3.65. The number of likely N-dealkylation sites (tertiary alicyclic amines) is 1. The number of carbonyl (C=O) groups is 1. The summed E-state index contributed by atoms with van der Waals surface area (Å²) < 4.78 is 47.4. The van der Waals surface area contributed by atoms with E-state index in [4.69, 9.17) is 4.74 Å². The number of pyridine rings is 1. The van der Waals surface area contributed by atoms with Crippen LogP contribution in [0.15, 0.2) is 41.3 Å². The molecule has 0 radical (unpaired) electrons. The maximum absolute atomic E-state index is 13.5. The Bertz CT molecular complexity index is 1430. The summed E-state index contributed by atoms with van der Waals surface area (Å²) in [4.78, 5) is 14.5. The van der Waals surface area contributed by atoms with Crippen LogP contribution in [0.5, 0.6) is 5.75 Å². The molecule has 0 spiro atoms. The zero-order valence-corrected chi connectivity index (χ0v) is 23.8. The van der Waals surface area contributed by atoms with Crippen LogP contribution in [0, 0.1) is 11.8 Å². The first kappa shape index (κ1) is 30.4. The number of carbonyl (C=O) groups excluding carboxylic acids is 1. The molecule has 1 fully saturated rings. The number of hydrogen-bond acceptors (Lipinski definition) is 8. The third-order valence-corrected chi connectivity index (χ3v) is 7.33. The highest BCUT2D eigenvalue weighted by Crippen LogP contribution is 2.41. The number of amides is 1. The predicted molar refractivity (Wildman–Crippen MR) is 154 cm³/mol. The van der Waals surface area contributed by atoms with Crippen LogP contribution in [0.3, 0.4) is 0 Å². The fourth-order valence-corrected chi connectivity index (χ4v) is 5.08. The number of rotatable bonds is 9. The Hall–Kier alpha value is -3.60. The molecule has 13 heteroatoms. The molecule has 1 unspecified atom stereocenters. The second kappa shape index (κ2) is 13.4. The number of halogens is 3. The molecule has 1 saturated heterocycles. The number of alkyl halides is 3. The Morgan fingerprint density at radius 1 is 1.27 bits per heavy atom. The van der Waals surface area contributed by atoms with Gasteiger partial charge in [-0.3, -0.25) is 4.79 Å². The molecule has 1 aliphatic heterocycles. The number of aliphatic hydroxyl groups is 1. The highest BCUT2D eigenvalue weighted by Gasteiger charge is 2.33. The maximum Gasteiger partial charge on any atom is 0.446 e. The third-order valence-electron chi connectivity index (χ3n) is 6.50. The second-order valence-corrected chi connectivity index (χ2v) is 10.9. The largest absolute Gasteiger partial charge is 0.495 e. The van der Waals surface area contributed by atoms with Crippen LogP contribution in [-0.2, 0) is 0 Å². The fraction of sp³-hybridized carbons (Fsp3) is 0.429. The highest BCUT2D eigenvalue weighted by atomic mass is 32.2. The zero-order valence-electron chi connectivity index (χ0n) is 23.0. The number of aromatic nitrogens is 2. The van der Waals surface area contributed by atoms with Gasteiger partial charge >= 0.3 is 5.51 Å². The van der Waals surface area contributed by atoms with Crippen molar-refractivity contribution in [3.05, 3.63) is 47.7 Å². The van der Waals surface area contributed by atoms with Crippen LogP contribution >= 0.6 is 11.8 Å². The van der Waals surface area contributed by atoms with Crippen LogP contribution in [0.2, 0.25) is 0 Å². The predicted octanol–water partition coefficient (Wildman–Crippen LogP) is 4.04. The van der Waals surface area contributed by atoms with Gasteiger partial charge in [-0.1, -0.05) is 12.0 Å². The molecule has 4 N–H and O–H groups in total. The number of thioether (sulfide) groups is 1. The molecule has 0 aliphatic carbocycles. The van der Waals surface area contributed by atoms with E-state index in [-0.39, 0.29) is 47.4 Å². The van der Waals surface area contributed by atoms with Gasteiger partial charge in [0.2, 0.25) is 0 Å². The van der Waals surface area contributed by atoms with E-state index in [2.05, 4.69) is 44.8 Å². The molecule has 0 bridgehead atoms. The van der Waals surface area contributed by atoms with Crippen molar-refractivity contribution >= 4 is 34.7 Å². The number of fused-ring (bicyclic) bond motifs is 1. The Morgan fingerprint density at radius 3 is 2.71 bits per heavy atom. The quantitative estimate of drug-likeness (QED) is 0.219. The van der Waals surface area contributed by atoms with Gasteiger partial charge in [-0.15, -0.1) is 0 Å². The number of aliphatic hydroxyl groups excluding tert-OH is 1. The average Bonchev–Trinajstić information content (AvgIpc) is 3.27. The fourth-order valence-electron chi connectivity index (χ4n) is 4.41. The minimum atomic E-state index is -4.51. The van der Waals surface area contributed by atoms with Crippen molar-refractivity contribution in [2.75, 3.05) is 51.0 Å². The molecule has 3 aromatic rings. The molecular formula is C28H33F3N6O3S. The topological polar surface area (TPSA) is 103 Å². The second-order valence-electron chi connectivity index (χ2n) is 9.78. The van der Waals surface area contributed by atoms with Gasteiger partial charge in [0.15, 0.2) is 0 Å². The van der Waals surface area contributed by atoms with Gasteiger partial charge in [0.1, 0.15) is 17.3 Å². The molecule has 4 rings (SSSR count). The minimum Gasteiger partial charge on any atom is -0.495 e. The Kier molecular flexibility index (Phi) is 9.90. The van der Waals surface area contributed by atoms with Crippen molar-refractivity contribution in [3.8, 4) is 17.6 Å². The monoisotopic (exact) mass is 590 g/mol. The lowest BCUT2D eigenvalue weighted by molar-refractivity contribution is -0.0327. The van der Waals surface area contributed by atoms with E-state index in [0.717, 1.165) is 25.9 Å². The summed E-state index contributed by atoms with van der Waals surface area (Å²) in [5.74, 6) is 6.31. The molecule has 9 nitrogen and oxygen atoms in total. The van der Waals surface area contributed by atoms with Gasteiger partial charge in [-0.2, -0.15) is 18.3 Å². The van der Waals surface area contributed by atoms with E-state index >= 15 is 0 Å². The summed E-state index contributed by atoms with van der Waals surface area (Å²) in [5.41, 5.74) is -3.25. The first-order valence-electron chi connectivity index (χ1n) is 13.1. The molecular weight excluding hydrogens is 557 g/mol. The smallest absolute Gasteiger partial charge is 0.446 e. The van der Waals surface area contributed by atoms with Gasteiger partial charge in [-0.05, 0) is 87.9 Å². The van der Waals surface area contributed by atoms with Crippen LogP contribution in [0.25, 0.3) is 5.52 Å². The standard InChI is InChI=1S/C28H33F3N6O3S/c1-18(38)17-33-27(39)19-9-10-21(24(16-19)40-3)32-13-5-6-22-26(41-28(29,30)31)23-7-4-8-25(37(23)35-22)34-20-11-14-36(2)15-12-20/h4,7-10,16,18,20,32,34,38H,11-15,17H2,1-3H3,(H,33,39). The molecule has 0 saturated carbocycles. The summed E-state index contributed by atoms with van der Waals surface area (Å²) in [6, 6.07) is 10.1. The zero-order chi connectivity index (χ0) is 29.6. The Labute approximate surface area is 240 Å². The first-order valence-corrected chi connectivity index (χ1v) is 14.0. The van der Waals surface area contributed by atoms with E-state index in [1.54, 1.807) is 43.3 Å². The van der Waals surface area contributed by atoms with E-state index in [1.165, 1.54) is 11.6 Å². The molecule has 1 atom stereocenters. The van der Waals surface area contributed by atoms with Gasteiger partial charge in [0, 0.05) is 18.2 Å². The van der Waals surface area contributed by atoms with E-state index in [9.17, 15) is 23.1 Å². The van der Waals surface area contributed by atoms with Crippen molar-refractivity contribution in [1.29, 1.82) is 0 Å². The van der Waals surface area contributed by atoms with Crippen molar-refractivity contribution in [1.82, 2.24) is 19.8 Å². The number of nitrogens with one attached hydrogen (secondary N) is 3. The van der Waals surface area contributed by atoms with Gasteiger partial charge in [0.05, 0.1) is 35.9 Å². The summed E-state index contributed by atoms with van der Waals surface area (Å²) in [6.07, 6.45) is 1.17. The normalized spacial score (nSPS) is 15.2. The van der Waals surface area contributed by atoms with E-state index in [1.807, 2.05) is 0 Å². The lowest BCUT2D eigenvalue weighted by Gasteiger charge is -2.30. The number of anilines is 2. The van der Waals surface area contributed by atoms with Crippen LogP contribution in [-0.4, -0.2) is 83.5 Å². The molecule has 41 heavy (non-hydrogen) atoms. The van der Waals surface area contributed by atoms with Gasteiger partial charge in [0.25, 0.3) is 5.91 Å². The van der Waals surface area contributed by atoms with Gasteiger partial charge in [-0.25, -0.2) is 4.52 Å². The highest BCUT2D eigenvalue weighted by molar-refractivity contribution is 8.00. The van der Waals surface area contributed by atoms with Crippen molar-refractivity contribution < 1.29 is 27.8 Å². The Morgan fingerprint density at radius 2 is 2.02 bits per heavy atom. The average molecular weight is 591 g/mol. The van der Waals surface area contributed by atoms with Gasteiger partial charge < -0.3 is 30.7 Å². The summed E-state index contributed by atoms with van der Waals surface area (Å²) in [5, 5.41) is 22.9. The SMILES string of the molecule is COc1cc(C(=O)NCC(C)O)ccc1NCC#Cc1nn2c(NC3CCN(C)CC3)cccc2c1SC(F)(F)F. The number of piperidine rings is 1. The molecule has 2 aromatic heterocycles. The number of hydrogen-bond donors (Lipinski definition) is 4. The number of nitrogens with zero attached hydrogens (tertiary/aromatic N) is 3. The molecule has 3 heterocycles. The molecule has 1 aromatic carbocycles. The summed E-state index contributed by atoms with van der Waals surface area (Å²) >= 11 is -0.225.